The van der Waals surface area contributed by atoms with Crippen LogP contribution in [-0.4, -0.2) is 40.7 Å². The molecule has 4 rings (SSSR count). The lowest BCUT2D eigenvalue weighted by Crippen LogP contribution is -2.15. The van der Waals surface area contributed by atoms with E-state index < -0.39 is 0 Å². The number of halogens is 1. The molecule has 0 aliphatic carbocycles. The summed E-state index contributed by atoms with van der Waals surface area (Å²) in [5.41, 5.74) is 2.92. The Balaban J connectivity index is 0.00000210. The lowest BCUT2D eigenvalue weighted by molar-refractivity contribution is 0.102. The standard InChI is InChI=1S/C19H21N5O2.ClH/c1-26-17-5-4-14(10-15(17)9-13-6-7-20-11-13)19(25)22-16-3-2-8-24-12-21-23-18(16)24;/h2-5,8,10,12-13,20H,6-7,9,11H2,1H3,(H,22,25);1H. The molecule has 1 atom stereocenters. The molecule has 0 spiro atoms. The molecular formula is C19H22ClN5O2. The van der Waals surface area contributed by atoms with Crippen molar-refractivity contribution >= 4 is 29.6 Å². The van der Waals surface area contributed by atoms with Crippen LogP contribution in [0.25, 0.3) is 5.65 Å². The lowest BCUT2D eigenvalue weighted by Gasteiger charge is -2.14. The number of hydrogen-bond acceptors (Lipinski definition) is 5. The molecule has 3 heterocycles. The maximum atomic E-state index is 12.7. The van der Waals surface area contributed by atoms with Crippen LogP contribution in [0.1, 0.15) is 22.3 Å². The number of nitrogens with zero attached hydrogens (tertiary/aromatic N) is 3. The summed E-state index contributed by atoms with van der Waals surface area (Å²) in [5.74, 6) is 1.23. The van der Waals surface area contributed by atoms with Crippen LogP contribution in [0.5, 0.6) is 5.75 Å². The summed E-state index contributed by atoms with van der Waals surface area (Å²) in [4.78, 5) is 12.7. The van der Waals surface area contributed by atoms with Crippen LogP contribution in [0, 0.1) is 5.92 Å². The number of carbonyl (C=O) groups excluding carboxylic acids is 1. The summed E-state index contributed by atoms with van der Waals surface area (Å²) in [6, 6.07) is 9.24. The average molecular weight is 388 g/mol. The summed E-state index contributed by atoms with van der Waals surface area (Å²) < 4.78 is 7.25. The molecule has 7 nitrogen and oxygen atoms in total. The fourth-order valence-electron chi connectivity index (χ4n) is 3.42. The van der Waals surface area contributed by atoms with E-state index >= 15 is 0 Å². The number of aromatic nitrogens is 3. The monoisotopic (exact) mass is 387 g/mol. The van der Waals surface area contributed by atoms with Gasteiger partial charge in [-0.2, -0.15) is 0 Å². The summed E-state index contributed by atoms with van der Waals surface area (Å²) in [7, 11) is 1.66. The number of benzene rings is 1. The van der Waals surface area contributed by atoms with Crippen molar-refractivity contribution in [3.63, 3.8) is 0 Å². The van der Waals surface area contributed by atoms with Gasteiger partial charge in [-0.3, -0.25) is 9.20 Å². The van der Waals surface area contributed by atoms with Crippen LogP contribution in [0.3, 0.4) is 0 Å². The van der Waals surface area contributed by atoms with Gasteiger partial charge in [-0.05, 0) is 67.7 Å². The van der Waals surface area contributed by atoms with Crippen molar-refractivity contribution in [3.05, 3.63) is 54.0 Å². The third-order valence-corrected chi connectivity index (χ3v) is 4.79. The van der Waals surface area contributed by atoms with Gasteiger partial charge in [0.1, 0.15) is 12.1 Å². The molecule has 0 bridgehead atoms. The smallest absolute Gasteiger partial charge is 0.255 e. The van der Waals surface area contributed by atoms with E-state index in [1.165, 1.54) is 0 Å². The highest BCUT2D eigenvalue weighted by atomic mass is 35.5. The summed E-state index contributed by atoms with van der Waals surface area (Å²) in [5, 5.41) is 14.2. The van der Waals surface area contributed by atoms with Gasteiger partial charge in [-0.25, -0.2) is 0 Å². The Kier molecular flexibility index (Phi) is 5.93. The predicted molar refractivity (Wildman–Crippen MR) is 106 cm³/mol. The molecule has 2 N–H and O–H groups in total. The molecule has 2 aromatic heterocycles. The Hall–Kier alpha value is -2.64. The van der Waals surface area contributed by atoms with Crippen LogP contribution in [0.2, 0.25) is 0 Å². The quantitative estimate of drug-likeness (QED) is 0.703. The first-order chi connectivity index (χ1) is 12.7. The summed E-state index contributed by atoms with van der Waals surface area (Å²) in [6.07, 6.45) is 5.49. The first-order valence-electron chi connectivity index (χ1n) is 8.72. The van der Waals surface area contributed by atoms with E-state index in [-0.39, 0.29) is 18.3 Å². The number of amides is 1. The van der Waals surface area contributed by atoms with Gasteiger partial charge in [0.05, 0.1) is 12.8 Å². The third-order valence-electron chi connectivity index (χ3n) is 4.79. The van der Waals surface area contributed by atoms with E-state index in [9.17, 15) is 4.79 Å². The molecule has 1 aromatic carbocycles. The number of rotatable bonds is 5. The minimum Gasteiger partial charge on any atom is -0.496 e. The Morgan fingerprint density at radius 2 is 2.30 bits per heavy atom. The Labute approximate surface area is 163 Å². The zero-order chi connectivity index (χ0) is 17.9. The minimum atomic E-state index is -0.172. The van der Waals surface area contributed by atoms with Crippen molar-refractivity contribution in [2.45, 2.75) is 12.8 Å². The van der Waals surface area contributed by atoms with E-state index in [4.69, 9.17) is 4.74 Å². The number of fused-ring (bicyclic) bond motifs is 1. The topological polar surface area (TPSA) is 80.5 Å². The minimum absolute atomic E-state index is 0. The zero-order valence-corrected chi connectivity index (χ0v) is 15.8. The average Bonchev–Trinajstić information content (AvgIpc) is 3.33. The molecule has 1 unspecified atom stereocenters. The van der Waals surface area contributed by atoms with Crippen LogP contribution >= 0.6 is 12.4 Å². The van der Waals surface area contributed by atoms with Gasteiger partial charge in [-0.1, -0.05) is 0 Å². The Morgan fingerprint density at radius 3 is 3.07 bits per heavy atom. The zero-order valence-electron chi connectivity index (χ0n) is 15.0. The van der Waals surface area contributed by atoms with Crippen molar-refractivity contribution in [1.82, 2.24) is 19.9 Å². The molecular weight excluding hydrogens is 366 g/mol. The number of anilines is 1. The Bertz CT molecular complexity index is 937. The third kappa shape index (κ3) is 4.04. The van der Waals surface area contributed by atoms with E-state index in [1.807, 2.05) is 30.5 Å². The normalized spacial score (nSPS) is 16.1. The first-order valence-corrected chi connectivity index (χ1v) is 8.72. The maximum absolute atomic E-state index is 12.7. The van der Waals surface area contributed by atoms with Crippen LogP contribution < -0.4 is 15.4 Å². The molecule has 3 aromatic rings. The Morgan fingerprint density at radius 1 is 1.41 bits per heavy atom. The fourth-order valence-corrected chi connectivity index (χ4v) is 3.42. The highest BCUT2D eigenvalue weighted by molar-refractivity contribution is 6.06. The molecule has 1 fully saturated rings. The molecule has 0 saturated carbocycles. The molecule has 1 aliphatic rings. The largest absolute Gasteiger partial charge is 0.496 e. The van der Waals surface area contributed by atoms with Crippen LogP contribution in [-0.2, 0) is 6.42 Å². The second-order valence-electron chi connectivity index (χ2n) is 6.53. The molecule has 8 heteroatoms. The predicted octanol–water partition coefficient (Wildman–Crippen LogP) is 2.56. The first kappa shape index (κ1) is 19.1. The van der Waals surface area contributed by atoms with E-state index in [0.29, 0.717) is 22.8 Å². The molecule has 1 saturated heterocycles. The van der Waals surface area contributed by atoms with Crippen molar-refractivity contribution in [3.8, 4) is 5.75 Å². The highest BCUT2D eigenvalue weighted by Gasteiger charge is 2.19. The number of hydrogen-bond donors (Lipinski definition) is 2. The molecule has 0 radical (unpaired) electrons. The second-order valence-corrected chi connectivity index (χ2v) is 6.53. The highest BCUT2D eigenvalue weighted by Crippen LogP contribution is 2.26. The van der Waals surface area contributed by atoms with Gasteiger partial charge in [-0.15, -0.1) is 22.6 Å². The number of methoxy groups -OCH3 is 1. The van der Waals surface area contributed by atoms with E-state index in [2.05, 4.69) is 20.8 Å². The van der Waals surface area contributed by atoms with Crippen molar-refractivity contribution in [2.75, 3.05) is 25.5 Å². The fraction of sp³-hybridized carbons (Fsp3) is 0.316. The number of ether oxygens (including phenoxy) is 1. The molecule has 142 valence electrons. The van der Waals surface area contributed by atoms with Gasteiger partial charge in [0.2, 0.25) is 0 Å². The number of carbonyl (C=O) groups is 1. The van der Waals surface area contributed by atoms with Gasteiger partial charge in [0, 0.05) is 11.8 Å². The van der Waals surface area contributed by atoms with Crippen LogP contribution in [0.15, 0.2) is 42.9 Å². The molecule has 1 amide bonds. The second kappa shape index (κ2) is 8.37. The van der Waals surface area contributed by atoms with Crippen molar-refractivity contribution < 1.29 is 9.53 Å². The van der Waals surface area contributed by atoms with E-state index in [0.717, 1.165) is 37.2 Å². The molecule has 1 aliphatic heterocycles. The van der Waals surface area contributed by atoms with Crippen molar-refractivity contribution in [1.29, 1.82) is 0 Å². The van der Waals surface area contributed by atoms with Gasteiger partial charge >= 0.3 is 0 Å². The summed E-state index contributed by atoms with van der Waals surface area (Å²) in [6.45, 7) is 2.06. The van der Waals surface area contributed by atoms with Gasteiger partial charge in [0.15, 0.2) is 5.65 Å². The SMILES string of the molecule is COc1ccc(C(=O)Nc2cccn3cnnc23)cc1CC1CCNC1.Cl. The van der Waals surface area contributed by atoms with E-state index in [1.54, 1.807) is 23.9 Å². The van der Waals surface area contributed by atoms with Crippen LogP contribution in [0.4, 0.5) is 5.69 Å². The maximum Gasteiger partial charge on any atom is 0.255 e. The number of nitrogens with one attached hydrogen (secondary N) is 2. The van der Waals surface area contributed by atoms with Gasteiger partial charge < -0.3 is 15.4 Å². The van der Waals surface area contributed by atoms with Crippen molar-refractivity contribution in [2.24, 2.45) is 5.92 Å². The lowest BCUT2D eigenvalue weighted by atomic mass is 9.96. The number of pyridine rings is 1. The molecule has 27 heavy (non-hydrogen) atoms. The summed E-state index contributed by atoms with van der Waals surface area (Å²) >= 11 is 0. The van der Waals surface area contributed by atoms with Gasteiger partial charge in [0.25, 0.3) is 5.91 Å².